The van der Waals surface area contributed by atoms with Crippen LogP contribution in [0.4, 0.5) is 4.79 Å². The molecule has 2 amide bonds. The van der Waals surface area contributed by atoms with Gasteiger partial charge in [0.05, 0.1) is 0 Å². The van der Waals surface area contributed by atoms with Gasteiger partial charge in [-0.25, -0.2) is 4.79 Å². The van der Waals surface area contributed by atoms with Crippen molar-refractivity contribution in [3.8, 4) is 16.9 Å². The number of carbonyl (C=O) groups is 1. The third-order valence-electron chi connectivity index (χ3n) is 5.31. The highest BCUT2D eigenvalue weighted by Gasteiger charge is 2.15. The zero-order chi connectivity index (χ0) is 21.3. The fraction of sp³-hybridized carbons (Fsp3) is 0.217. The Morgan fingerprint density at radius 2 is 1.83 bits per heavy atom. The minimum atomic E-state index is -0.122. The molecule has 4 rings (SSSR count). The number of aromatic nitrogens is 1. The molecule has 2 aromatic carbocycles. The molecule has 0 fully saturated rings. The molecule has 0 atom stereocenters. The average Bonchev–Trinajstić information content (AvgIpc) is 3.25. The van der Waals surface area contributed by atoms with Gasteiger partial charge in [-0.2, -0.15) is 0 Å². The first kappa shape index (κ1) is 20.0. The van der Waals surface area contributed by atoms with Crippen LogP contribution in [0.15, 0.2) is 52.6 Å². The second-order valence-electron chi connectivity index (χ2n) is 7.03. The van der Waals surface area contributed by atoms with E-state index in [0.717, 1.165) is 21.9 Å². The number of aromatic amines is 1. The maximum atomic E-state index is 12.3. The van der Waals surface area contributed by atoms with Gasteiger partial charge in [0.1, 0.15) is 10.4 Å². The van der Waals surface area contributed by atoms with Gasteiger partial charge in [0.2, 0.25) is 0 Å². The highest BCUT2D eigenvalue weighted by Crippen LogP contribution is 2.39. The summed E-state index contributed by atoms with van der Waals surface area (Å²) < 4.78 is 0.644. The number of hydrogen-bond acceptors (Lipinski definition) is 4. The van der Waals surface area contributed by atoms with Crippen molar-refractivity contribution < 1.29 is 9.90 Å². The fourth-order valence-corrected chi connectivity index (χ4v) is 4.51. The second-order valence-corrected chi connectivity index (χ2v) is 7.94. The lowest BCUT2D eigenvalue weighted by molar-refractivity contribution is 0.203. The number of urea groups is 1. The maximum Gasteiger partial charge on any atom is 0.317 e. The van der Waals surface area contributed by atoms with Gasteiger partial charge in [-0.1, -0.05) is 24.3 Å². The van der Waals surface area contributed by atoms with Crippen LogP contribution in [0.1, 0.15) is 19.4 Å². The predicted molar refractivity (Wildman–Crippen MR) is 122 cm³/mol. The Balaban J connectivity index is 1.70. The first-order valence-corrected chi connectivity index (χ1v) is 10.8. The standard InChI is InChI=1S/C23H23N3O3S/c1-3-26(4-2)23(29)24-13-14-5-7-15(8-6-14)19-18(27)10-9-17-20(19)16-11-12-30-21(16)22(28)25-17/h5-12,27H,3-4,13H2,1-2H3,(H,24,29)(H,25,28). The van der Waals surface area contributed by atoms with E-state index in [1.54, 1.807) is 17.0 Å². The Bertz CT molecular complexity index is 1270. The van der Waals surface area contributed by atoms with E-state index in [2.05, 4.69) is 10.3 Å². The summed E-state index contributed by atoms with van der Waals surface area (Å²) in [4.78, 5) is 29.1. The summed E-state index contributed by atoms with van der Waals surface area (Å²) in [5, 5.41) is 17.1. The summed E-state index contributed by atoms with van der Waals surface area (Å²) >= 11 is 1.39. The van der Waals surface area contributed by atoms with E-state index in [1.165, 1.54) is 11.3 Å². The summed E-state index contributed by atoms with van der Waals surface area (Å²) in [5.74, 6) is 0.157. The van der Waals surface area contributed by atoms with Gasteiger partial charge in [0.25, 0.3) is 5.56 Å². The van der Waals surface area contributed by atoms with Crippen LogP contribution in [0, 0.1) is 0 Å². The summed E-state index contributed by atoms with van der Waals surface area (Å²) in [6.07, 6.45) is 0. The van der Waals surface area contributed by atoms with E-state index in [-0.39, 0.29) is 17.3 Å². The first-order valence-electron chi connectivity index (χ1n) is 9.90. The predicted octanol–water partition coefficient (Wildman–Crippen LogP) is 4.67. The highest BCUT2D eigenvalue weighted by atomic mass is 32.1. The van der Waals surface area contributed by atoms with Gasteiger partial charge >= 0.3 is 6.03 Å². The van der Waals surface area contributed by atoms with Crippen LogP contribution in [-0.2, 0) is 6.54 Å². The Kier molecular flexibility index (Phi) is 5.46. The van der Waals surface area contributed by atoms with Crippen LogP contribution in [0.2, 0.25) is 0 Å². The monoisotopic (exact) mass is 421 g/mol. The van der Waals surface area contributed by atoms with Crippen LogP contribution in [-0.4, -0.2) is 34.1 Å². The SMILES string of the molecule is CCN(CC)C(=O)NCc1ccc(-c2c(O)ccc3[nH]c(=O)c4sccc4c23)cc1. The molecule has 0 unspecified atom stereocenters. The molecule has 2 aromatic heterocycles. The third kappa shape index (κ3) is 3.52. The van der Waals surface area contributed by atoms with Gasteiger partial charge in [0, 0.05) is 41.5 Å². The summed E-state index contributed by atoms with van der Waals surface area (Å²) in [7, 11) is 0. The Labute approximate surface area is 177 Å². The molecule has 2 heterocycles. The Morgan fingerprint density at radius 1 is 1.10 bits per heavy atom. The van der Waals surface area contributed by atoms with Crippen molar-refractivity contribution in [2.75, 3.05) is 13.1 Å². The fourth-order valence-electron chi connectivity index (χ4n) is 3.72. The first-order chi connectivity index (χ1) is 14.5. The lowest BCUT2D eigenvalue weighted by Crippen LogP contribution is -2.39. The van der Waals surface area contributed by atoms with E-state index in [1.807, 2.05) is 49.6 Å². The minimum Gasteiger partial charge on any atom is -0.507 e. The van der Waals surface area contributed by atoms with E-state index >= 15 is 0 Å². The van der Waals surface area contributed by atoms with Crippen LogP contribution in [0.25, 0.3) is 32.1 Å². The van der Waals surface area contributed by atoms with Gasteiger partial charge in [-0.05, 0) is 48.6 Å². The largest absolute Gasteiger partial charge is 0.507 e. The molecule has 0 radical (unpaired) electrons. The molecule has 154 valence electrons. The van der Waals surface area contributed by atoms with Gasteiger partial charge in [-0.15, -0.1) is 11.3 Å². The van der Waals surface area contributed by atoms with Gasteiger partial charge in [0.15, 0.2) is 0 Å². The van der Waals surface area contributed by atoms with Crippen molar-refractivity contribution in [3.05, 3.63) is 63.8 Å². The summed E-state index contributed by atoms with van der Waals surface area (Å²) in [6.45, 7) is 5.67. The highest BCUT2D eigenvalue weighted by molar-refractivity contribution is 7.17. The normalized spacial score (nSPS) is 11.1. The number of aromatic hydroxyl groups is 1. The number of nitrogens with one attached hydrogen (secondary N) is 2. The molecule has 0 bridgehead atoms. The van der Waals surface area contributed by atoms with Crippen LogP contribution < -0.4 is 10.9 Å². The van der Waals surface area contributed by atoms with Crippen molar-refractivity contribution in [1.82, 2.24) is 15.2 Å². The molecule has 0 aliphatic heterocycles. The maximum absolute atomic E-state index is 12.3. The molecule has 0 saturated carbocycles. The smallest absolute Gasteiger partial charge is 0.317 e. The number of rotatable bonds is 5. The zero-order valence-electron chi connectivity index (χ0n) is 16.9. The summed E-state index contributed by atoms with van der Waals surface area (Å²) in [6, 6.07) is 12.9. The Morgan fingerprint density at radius 3 is 2.53 bits per heavy atom. The number of nitrogens with zero attached hydrogens (tertiary/aromatic N) is 1. The second kappa shape index (κ2) is 8.20. The number of benzene rings is 2. The van der Waals surface area contributed by atoms with Crippen LogP contribution in [0.3, 0.4) is 0 Å². The number of thiophene rings is 1. The lowest BCUT2D eigenvalue weighted by atomic mass is 9.96. The molecule has 4 aromatic rings. The van der Waals surface area contributed by atoms with Crippen molar-refractivity contribution in [1.29, 1.82) is 0 Å². The number of hydrogen-bond donors (Lipinski definition) is 3. The topological polar surface area (TPSA) is 85.4 Å². The van der Waals surface area contributed by atoms with Crippen molar-refractivity contribution in [2.45, 2.75) is 20.4 Å². The third-order valence-corrected chi connectivity index (χ3v) is 6.22. The quantitative estimate of drug-likeness (QED) is 0.438. The molecule has 6 nitrogen and oxygen atoms in total. The molecule has 0 spiro atoms. The molecule has 7 heteroatoms. The zero-order valence-corrected chi connectivity index (χ0v) is 17.7. The molecular weight excluding hydrogens is 398 g/mol. The van der Waals surface area contributed by atoms with Gasteiger partial charge < -0.3 is 20.3 Å². The molecular formula is C23H23N3O3S. The number of phenolic OH excluding ortho intramolecular Hbond substituents is 1. The number of pyridine rings is 1. The minimum absolute atomic E-state index is 0.0837. The number of amides is 2. The van der Waals surface area contributed by atoms with Crippen molar-refractivity contribution in [3.63, 3.8) is 0 Å². The van der Waals surface area contributed by atoms with Crippen molar-refractivity contribution in [2.24, 2.45) is 0 Å². The average molecular weight is 422 g/mol. The number of phenols is 1. The van der Waals surface area contributed by atoms with Crippen LogP contribution in [0.5, 0.6) is 5.75 Å². The number of fused-ring (bicyclic) bond motifs is 3. The van der Waals surface area contributed by atoms with Crippen molar-refractivity contribution >= 4 is 38.4 Å². The molecule has 0 aliphatic carbocycles. The molecule has 30 heavy (non-hydrogen) atoms. The molecule has 0 saturated heterocycles. The molecule has 3 N–H and O–H groups in total. The summed E-state index contributed by atoms with van der Waals surface area (Å²) in [5.41, 5.74) is 3.06. The van der Waals surface area contributed by atoms with Gasteiger partial charge in [-0.3, -0.25) is 4.79 Å². The number of H-pyrrole nitrogens is 1. The van der Waals surface area contributed by atoms with E-state index < -0.39 is 0 Å². The lowest BCUT2D eigenvalue weighted by Gasteiger charge is -2.19. The Hall–Kier alpha value is -3.32. The van der Waals surface area contributed by atoms with E-state index in [9.17, 15) is 14.7 Å². The van der Waals surface area contributed by atoms with E-state index in [0.29, 0.717) is 35.4 Å². The number of carbonyl (C=O) groups excluding carboxylic acids is 1. The van der Waals surface area contributed by atoms with Crippen LogP contribution >= 0.6 is 11.3 Å². The molecule has 0 aliphatic rings. The van der Waals surface area contributed by atoms with E-state index in [4.69, 9.17) is 0 Å².